The number of urea groups is 1. The molecule has 2 amide bonds. The van der Waals surface area contributed by atoms with Crippen LogP contribution in [0.2, 0.25) is 0 Å². The van der Waals surface area contributed by atoms with Gasteiger partial charge in [0.15, 0.2) is 11.6 Å². The topological polar surface area (TPSA) is 107 Å². The Hall–Kier alpha value is -3.99. The van der Waals surface area contributed by atoms with Crippen LogP contribution < -0.4 is 15.5 Å². The number of aromatic nitrogens is 3. The molecule has 3 aromatic rings. The Kier molecular flexibility index (Phi) is 5.29. The van der Waals surface area contributed by atoms with Crippen molar-refractivity contribution < 1.29 is 4.79 Å². The molecule has 0 bridgehead atoms. The van der Waals surface area contributed by atoms with Crippen LogP contribution in [-0.2, 0) is 0 Å². The van der Waals surface area contributed by atoms with Crippen molar-refractivity contribution in [1.82, 2.24) is 15.2 Å². The lowest BCUT2D eigenvalue weighted by atomic mass is 10.0. The molecule has 0 radical (unpaired) electrons. The predicted molar refractivity (Wildman–Crippen MR) is 111 cm³/mol. The maximum absolute atomic E-state index is 13.0. The van der Waals surface area contributed by atoms with Gasteiger partial charge in [0.25, 0.3) is 0 Å². The summed E-state index contributed by atoms with van der Waals surface area (Å²) >= 11 is 0. The molecular weight excluding hydrogens is 366 g/mol. The average Bonchev–Trinajstić information content (AvgIpc) is 2.75. The second kappa shape index (κ2) is 8.35. The van der Waals surface area contributed by atoms with Gasteiger partial charge < -0.3 is 5.32 Å². The zero-order valence-electron chi connectivity index (χ0n) is 15.7. The third kappa shape index (κ3) is 3.99. The van der Waals surface area contributed by atoms with Crippen LogP contribution in [0.3, 0.4) is 0 Å². The monoisotopic (exact) mass is 385 g/mol. The fraction of sp³-hybridized carbons (Fsp3) is 0.190. The van der Waals surface area contributed by atoms with Crippen molar-refractivity contribution in [3.63, 3.8) is 0 Å². The number of benzene rings is 1. The number of nitrogens with zero attached hydrogens (tertiary/aromatic N) is 5. The molecule has 1 aliphatic rings. The highest BCUT2D eigenvalue weighted by molar-refractivity contribution is 6.02. The number of nitriles is 1. The van der Waals surface area contributed by atoms with Gasteiger partial charge in [0.1, 0.15) is 0 Å². The summed E-state index contributed by atoms with van der Waals surface area (Å²) < 4.78 is 0. The van der Waals surface area contributed by atoms with E-state index in [9.17, 15) is 10.1 Å². The number of nitrogens with one attached hydrogen (secondary N) is 2. The van der Waals surface area contributed by atoms with Gasteiger partial charge in [-0.1, -0.05) is 18.2 Å². The summed E-state index contributed by atoms with van der Waals surface area (Å²) in [4.78, 5) is 19.4. The van der Waals surface area contributed by atoms with Gasteiger partial charge in [0.05, 0.1) is 23.0 Å². The van der Waals surface area contributed by atoms with Crippen LogP contribution in [0.15, 0.2) is 54.7 Å². The molecule has 8 nitrogen and oxygen atoms in total. The normalized spacial score (nSPS) is 13.3. The van der Waals surface area contributed by atoms with Gasteiger partial charge in [0, 0.05) is 24.8 Å². The van der Waals surface area contributed by atoms with E-state index in [-0.39, 0.29) is 6.03 Å². The number of hydrogen-bond acceptors (Lipinski definition) is 6. The summed E-state index contributed by atoms with van der Waals surface area (Å²) in [6, 6.07) is 16.3. The Morgan fingerprint density at radius 3 is 2.86 bits per heavy atom. The van der Waals surface area contributed by atoms with Crippen LogP contribution in [0.25, 0.3) is 11.3 Å². The first kappa shape index (κ1) is 18.4. The fourth-order valence-corrected chi connectivity index (χ4v) is 3.21. The lowest BCUT2D eigenvalue weighted by molar-refractivity contribution is 0.256. The summed E-state index contributed by atoms with van der Waals surface area (Å²) in [5.41, 5.74) is 2.68. The number of pyridine rings is 1. The Balaban J connectivity index is 1.73. The SMILES string of the molecule is N#Cc1ccccc1-c1ccc2c(n1)N(C(=O)Nc1cccnn1)CCCCN2. The average molecular weight is 385 g/mol. The first-order chi connectivity index (χ1) is 14.3. The van der Waals surface area contributed by atoms with Crippen molar-refractivity contribution in [3.8, 4) is 17.3 Å². The summed E-state index contributed by atoms with van der Waals surface area (Å²) in [6.45, 7) is 1.33. The van der Waals surface area contributed by atoms with Crippen molar-refractivity contribution >= 4 is 23.4 Å². The lowest BCUT2D eigenvalue weighted by Crippen LogP contribution is -2.38. The second-order valence-corrected chi connectivity index (χ2v) is 6.55. The van der Waals surface area contributed by atoms with Crippen LogP contribution in [0.1, 0.15) is 18.4 Å². The standard InChI is InChI=1S/C21H19N7O/c22-14-15-6-1-2-7-16(15)17-9-10-18-20(25-17)28(13-4-3-11-23-18)21(29)26-19-8-5-12-24-27-19/h1-2,5-10,12,23H,3-4,11,13H2,(H,26,27,29). The largest absolute Gasteiger partial charge is 0.382 e. The van der Waals surface area contributed by atoms with Crippen LogP contribution >= 0.6 is 0 Å². The fourth-order valence-electron chi connectivity index (χ4n) is 3.21. The molecule has 2 aromatic heterocycles. The molecule has 8 heteroatoms. The number of anilines is 3. The van der Waals surface area contributed by atoms with Crippen molar-refractivity contribution in [2.75, 3.05) is 28.6 Å². The van der Waals surface area contributed by atoms with E-state index in [1.807, 2.05) is 30.3 Å². The minimum atomic E-state index is -0.325. The van der Waals surface area contributed by atoms with Gasteiger partial charge in [-0.05, 0) is 43.2 Å². The van der Waals surface area contributed by atoms with Gasteiger partial charge in [-0.25, -0.2) is 9.78 Å². The number of amides is 2. The Bertz CT molecular complexity index is 1060. The molecule has 0 fully saturated rings. The van der Waals surface area contributed by atoms with Crippen molar-refractivity contribution in [2.45, 2.75) is 12.8 Å². The molecule has 29 heavy (non-hydrogen) atoms. The zero-order chi connectivity index (χ0) is 20.1. The molecule has 0 spiro atoms. The first-order valence-electron chi connectivity index (χ1n) is 9.37. The molecule has 2 N–H and O–H groups in total. The number of fused-ring (bicyclic) bond motifs is 1. The van der Waals surface area contributed by atoms with E-state index in [1.165, 1.54) is 0 Å². The third-order valence-electron chi connectivity index (χ3n) is 4.63. The van der Waals surface area contributed by atoms with Gasteiger partial charge in [0.2, 0.25) is 0 Å². The highest BCUT2D eigenvalue weighted by atomic mass is 16.2. The molecule has 0 saturated carbocycles. The predicted octanol–water partition coefficient (Wildman–Crippen LogP) is 3.65. The zero-order valence-corrected chi connectivity index (χ0v) is 15.7. The molecule has 3 heterocycles. The number of hydrogen-bond donors (Lipinski definition) is 2. The summed E-state index contributed by atoms with van der Waals surface area (Å²) in [6.07, 6.45) is 3.32. The summed E-state index contributed by atoms with van der Waals surface area (Å²) in [5.74, 6) is 0.899. The summed E-state index contributed by atoms with van der Waals surface area (Å²) in [5, 5.41) is 23.3. The van der Waals surface area contributed by atoms with Gasteiger partial charge >= 0.3 is 6.03 Å². The molecule has 144 valence electrons. The quantitative estimate of drug-likeness (QED) is 0.697. The first-order valence-corrected chi connectivity index (χ1v) is 9.37. The van der Waals surface area contributed by atoms with E-state index in [0.29, 0.717) is 29.4 Å². The molecule has 4 rings (SSSR count). The Morgan fingerprint density at radius 1 is 1.14 bits per heavy atom. The van der Waals surface area contributed by atoms with Crippen LogP contribution in [0.4, 0.5) is 22.1 Å². The van der Waals surface area contributed by atoms with E-state index in [4.69, 9.17) is 4.98 Å². The van der Waals surface area contributed by atoms with Crippen molar-refractivity contribution in [1.29, 1.82) is 5.26 Å². The molecule has 0 atom stereocenters. The maximum atomic E-state index is 13.0. The molecule has 1 aromatic carbocycles. The highest BCUT2D eigenvalue weighted by Crippen LogP contribution is 2.31. The minimum absolute atomic E-state index is 0.325. The van der Waals surface area contributed by atoms with E-state index in [2.05, 4.69) is 26.9 Å². The Morgan fingerprint density at radius 2 is 2.03 bits per heavy atom. The number of rotatable bonds is 2. The van der Waals surface area contributed by atoms with E-state index in [1.54, 1.807) is 29.3 Å². The van der Waals surface area contributed by atoms with Crippen LogP contribution in [0, 0.1) is 11.3 Å². The van der Waals surface area contributed by atoms with Gasteiger partial charge in [-0.3, -0.25) is 10.2 Å². The number of carbonyl (C=O) groups excluding carboxylic acids is 1. The summed E-state index contributed by atoms with van der Waals surface area (Å²) in [7, 11) is 0. The van der Waals surface area contributed by atoms with Crippen LogP contribution in [0.5, 0.6) is 0 Å². The molecule has 0 unspecified atom stereocenters. The molecule has 1 aliphatic heterocycles. The molecule has 0 aliphatic carbocycles. The second-order valence-electron chi connectivity index (χ2n) is 6.55. The highest BCUT2D eigenvalue weighted by Gasteiger charge is 2.23. The Labute approximate surface area is 168 Å². The lowest BCUT2D eigenvalue weighted by Gasteiger charge is -2.27. The van der Waals surface area contributed by atoms with Crippen molar-refractivity contribution in [2.24, 2.45) is 0 Å². The van der Waals surface area contributed by atoms with E-state index >= 15 is 0 Å². The smallest absolute Gasteiger partial charge is 0.328 e. The number of carbonyl (C=O) groups is 1. The molecule has 0 saturated heterocycles. The van der Waals surface area contributed by atoms with Crippen molar-refractivity contribution in [3.05, 3.63) is 60.3 Å². The minimum Gasteiger partial charge on any atom is -0.382 e. The van der Waals surface area contributed by atoms with Crippen LogP contribution in [-0.4, -0.2) is 34.3 Å². The maximum Gasteiger partial charge on any atom is 0.328 e. The van der Waals surface area contributed by atoms with E-state index in [0.717, 1.165) is 30.6 Å². The van der Waals surface area contributed by atoms with Gasteiger partial charge in [-0.15, -0.1) is 5.10 Å². The third-order valence-corrected chi connectivity index (χ3v) is 4.63. The van der Waals surface area contributed by atoms with E-state index < -0.39 is 0 Å². The van der Waals surface area contributed by atoms with Gasteiger partial charge in [-0.2, -0.15) is 10.4 Å². The molecular formula is C21H19N7O.